The SMILES string of the molecule is CCNC(=NCC1(O)CCOCC1)NC1CCN(CCCOC)CC1.I. The van der Waals surface area contributed by atoms with Gasteiger partial charge >= 0.3 is 0 Å². The van der Waals surface area contributed by atoms with Crippen LogP contribution in [0.4, 0.5) is 0 Å². The van der Waals surface area contributed by atoms with E-state index in [-0.39, 0.29) is 24.0 Å². The van der Waals surface area contributed by atoms with Crippen molar-refractivity contribution in [1.29, 1.82) is 0 Å². The molecule has 2 heterocycles. The number of rotatable bonds is 8. The average molecular weight is 484 g/mol. The molecule has 7 nitrogen and oxygen atoms in total. The molecule has 3 N–H and O–H groups in total. The summed E-state index contributed by atoms with van der Waals surface area (Å²) in [6.07, 6.45) is 4.66. The first-order valence-corrected chi connectivity index (χ1v) is 9.71. The third-order valence-corrected chi connectivity index (χ3v) is 5.05. The molecule has 2 rings (SSSR count). The summed E-state index contributed by atoms with van der Waals surface area (Å²) in [5.41, 5.74) is -0.717. The molecule has 2 aliphatic heterocycles. The zero-order valence-electron chi connectivity index (χ0n) is 16.3. The van der Waals surface area contributed by atoms with E-state index in [0.717, 1.165) is 58.0 Å². The summed E-state index contributed by atoms with van der Waals surface area (Å²) >= 11 is 0. The highest BCUT2D eigenvalue weighted by Gasteiger charge is 2.29. The number of aliphatic hydroxyl groups is 1. The van der Waals surface area contributed by atoms with Crippen LogP contribution in [-0.2, 0) is 9.47 Å². The summed E-state index contributed by atoms with van der Waals surface area (Å²) in [6, 6.07) is 0.445. The molecule has 154 valence electrons. The highest BCUT2D eigenvalue weighted by molar-refractivity contribution is 14.0. The number of hydrogen-bond donors (Lipinski definition) is 3. The van der Waals surface area contributed by atoms with Gasteiger partial charge in [0.15, 0.2) is 5.96 Å². The zero-order chi connectivity index (χ0) is 18.0. The lowest BCUT2D eigenvalue weighted by Crippen LogP contribution is -2.49. The number of nitrogens with one attached hydrogen (secondary N) is 2. The molecule has 0 aromatic heterocycles. The van der Waals surface area contributed by atoms with Crippen LogP contribution in [0.1, 0.15) is 39.0 Å². The number of aliphatic imine (C=N–C) groups is 1. The Balaban J connectivity index is 0.00000338. The number of halogens is 1. The Labute approximate surface area is 175 Å². The van der Waals surface area contributed by atoms with Crippen molar-refractivity contribution in [2.45, 2.75) is 50.7 Å². The molecule has 8 heteroatoms. The summed E-state index contributed by atoms with van der Waals surface area (Å²) in [4.78, 5) is 7.15. The standard InChI is InChI=1S/C18H36N4O3.HI/c1-3-19-17(20-15-18(23)7-13-25-14-8-18)21-16-5-10-22(11-6-16)9-4-12-24-2;/h16,23H,3-15H2,1-2H3,(H2,19,20,21);1H. The van der Waals surface area contributed by atoms with Gasteiger partial charge in [0.05, 0.1) is 12.1 Å². The van der Waals surface area contributed by atoms with Crippen molar-refractivity contribution in [1.82, 2.24) is 15.5 Å². The first-order chi connectivity index (χ1) is 12.1. The second-order valence-electron chi connectivity index (χ2n) is 7.14. The zero-order valence-corrected chi connectivity index (χ0v) is 18.7. The van der Waals surface area contributed by atoms with E-state index in [1.54, 1.807) is 7.11 Å². The predicted octanol–water partition coefficient (Wildman–Crippen LogP) is 1.20. The largest absolute Gasteiger partial charge is 0.388 e. The van der Waals surface area contributed by atoms with E-state index in [0.29, 0.717) is 38.6 Å². The molecule has 2 saturated heterocycles. The highest BCUT2D eigenvalue weighted by Crippen LogP contribution is 2.20. The maximum absolute atomic E-state index is 10.6. The quantitative estimate of drug-likeness (QED) is 0.208. The minimum absolute atomic E-state index is 0. The summed E-state index contributed by atoms with van der Waals surface area (Å²) in [5.74, 6) is 0.820. The van der Waals surface area contributed by atoms with Crippen molar-refractivity contribution in [3.63, 3.8) is 0 Å². The normalized spacial score (nSPS) is 21.9. The second kappa shape index (κ2) is 13.1. The monoisotopic (exact) mass is 484 g/mol. The Morgan fingerprint density at radius 1 is 1.31 bits per heavy atom. The van der Waals surface area contributed by atoms with Gasteiger partial charge < -0.3 is 30.1 Å². The fraction of sp³-hybridized carbons (Fsp3) is 0.944. The van der Waals surface area contributed by atoms with Crippen molar-refractivity contribution in [2.75, 3.05) is 59.7 Å². The van der Waals surface area contributed by atoms with Crippen LogP contribution in [0.3, 0.4) is 0 Å². The lowest BCUT2D eigenvalue weighted by atomic mass is 9.95. The first kappa shape index (κ1) is 23.9. The van der Waals surface area contributed by atoms with E-state index in [1.165, 1.54) is 0 Å². The number of guanidine groups is 1. The number of hydrogen-bond acceptors (Lipinski definition) is 5. The van der Waals surface area contributed by atoms with Gasteiger partial charge in [0, 0.05) is 72.0 Å². The van der Waals surface area contributed by atoms with Gasteiger partial charge in [0.25, 0.3) is 0 Å². The van der Waals surface area contributed by atoms with Gasteiger partial charge in [-0.2, -0.15) is 0 Å². The summed E-state index contributed by atoms with van der Waals surface area (Å²) in [6.45, 7) is 8.75. The Morgan fingerprint density at radius 3 is 2.62 bits per heavy atom. The van der Waals surface area contributed by atoms with Crippen molar-refractivity contribution in [2.24, 2.45) is 4.99 Å². The molecule has 0 aromatic carbocycles. The molecule has 2 fully saturated rings. The molecular weight excluding hydrogens is 447 g/mol. The molecule has 0 spiro atoms. The molecule has 0 unspecified atom stereocenters. The maximum Gasteiger partial charge on any atom is 0.191 e. The molecule has 0 atom stereocenters. The molecule has 0 aromatic rings. The third kappa shape index (κ3) is 8.69. The topological polar surface area (TPSA) is 78.4 Å². The molecule has 0 bridgehead atoms. The van der Waals surface area contributed by atoms with E-state index in [4.69, 9.17) is 9.47 Å². The summed E-state index contributed by atoms with van der Waals surface area (Å²) < 4.78 is 10.5. The van der Waals surface area contributed by atoms with Crippen LogP contribution in [0, 0.1) is 0 Å². The van der Waals surface area contributed by atoms with Gasteiger partial charge in [-0.25, -0.2) is 0 Å². The maximum atomic E-state index is 10.6. The third-order valence-electron chi connectivity index (χ3n) is 5.05. The lowest BCUT2D eigenvalue weighted by Gasteiger charge is -2.33. The number of likely N-dealkylation sites (tertiary alicyclic amines) is 1. The fourth-order valence-electron chi connectivity index (χ4n) is 3.38. The van der Waals surface area contributed by atoms with Gasteiger partial charge in [-0.15, -0.1) is 24.0 Å². The molecule has 0 aliphatic carbocycles. The Hall–Kier alpha value is -0.160. The van der Waals surface area contributed by atoms with Crippen LogP contribution in [0.2, 0.25) is 0 Å². The summed E-state index contributed by atoms with van der Waals surface area (Å²) in [5, 5.41) is 17.4. The van der Waals surface area contributed by atoms with E-state index in [1.807, 2.05) is 0 Å². The second-order valence-corrected chi connectivity index (χ2v) is 7.14. The van der Waals surface area contributed by atoms with Crippen LogP contribution in [-0.4, -0.2) is 87.3 Å². The smallest absolute Gasteiger partial charge is 0.191 e. The van der Waals surface area contributed by atoms with Crippen LogP contribution in [0.25, 0.3) is 0 Å². The number of methoxy groups -OCH3 is 1. The molecular formula is C18H37IN4O3. The van der Waals surface area contributed by atoms with Crippen molar-refractivity contribution in [3.8, 4) is 0 Å². The molecule has 0 amide bonds. The van der Waals surface area contributed by atoms with E-state index in [2.05, 4.69) is 27.4 Å². The number of nitrogens with zero attached hydrogens (tertiary/aromatic N) is 2. The van der Waals surface area contributed by atoms with Gasteiger partial charge in [-0.3, -0.25) is 4.99 Å². The minimum Gasteiger partial charge on any atom is -0.388 e. The molecule has 2 aliphatic rings. The van der Waals surface area contributed by atoms with Crippen LogP contribution in [0.15, 0.2) is 4.99 Å². The Kier molecular flexibility index (Phi) is 12.0. The van der Waals surface area contributed by atoms with Crippen molar-refractivity contribution < 1.29 is 14.6 Å². The van der Waals surface area contributed by atoms with E-state index < -0.39 is 5.60 Å². The van der Waals surface area contributed by atoms with Crippen molar-refractivity contribution >= 4 is 29.9 Å². The average Bonchev–Trinajstić information content (AvgIpc) is 2.62. The number of piperidine rings is 1. The fourth-order valence-corrected chi connectivity index (χ4v) is 3.38. The van der Waals surface area contributed by atoms with Gasteiger partial charge in [-0.05, 0) is 26.2 Å². The van der Waals surface area contributed by atoms with Crippen LogP contribution >= 0.6 is 24.0 Å². The Bertz CT molecular complexity index is 398. The van der Waals surface area contributed by atoms with Gasteiger partial charge in [0.2, 0.25) is 0 Å². The van der Waals surface area contributed by atoms with Crippen LogP contribution in [0.5, 0.6) is 0 Å². The molecule has 0 saturated carbocycles. The minimum atomic E-state index is -0.717. The lowest BCUT2D eigenvalue weighted by molar-refractivity contribution is -0.0566. The van der Waals surface area contributed by atoms with E-state index >= 15 is 0 Å². The molecule has 26 heavy (non-hydrogen) atoms. The van der Waals surface area contributed by atoms with Crippen molar-refractivity contribution in [3.05, 3.63) is 0 Å². The molecule has 0 radical (unpaired) electrons. The van der Waals surface area contributed by atoms with Crippen LogP contribution < -0.4 is 10.6 Å². The predicted molar refractivity (Wildman–Crippen MR) is 115 cm³/mol. The number of ether oxygens (including phenoxy) is 2. The first-order valence-electron chi connectivity index (χ1n) is 9.71. The Morgan fingerprint density at radius 2 is 2.00 bits per heavy atom. The highest BCUT2D eigenvalue weighted by atomic mass is 127. The summed E-state index contributed by atoms with van der Waals surface area (Å²) in [7, 11) is 1.76. The van der Waals surface area contributed by atoms with Gasteiger partial charge in [-0.1, -0.05) is 0 Å². The van der Waals surface area contributed by atoms with E-state index in [9.17, 15) is 5.11 Å². The van der Waals surface area contributed by atoms with Gasteiger partial charge in [0.1, 0.15) is 0 Å².